The number of rotatable bonds is 8. The molecule has 0 aliphatic carbocycles. The topological polar surface area (TPSA) is 88.2 Å². The van der Waals surface area contributed by atoms with E-state index in [1.54, 1.807) is 14.0 Å². The molecule has 0 saturated heterocycles. The molecule has 1 unspecified atom stereocenters. The van der Waals surface area contributed by atoms with Gasteiger partial charge in [-0.25, -0.2) is 9.97 Å². The molecule has 1 amide bonds. The molecule has 1 heterocycles. The zero-order valence-corrected chi connectivity index (χ0v) is 12.5. The fraction of sp³-hybridized carbons (Fsp3) is 0.615. The van der Waals surface area contributed by atoms with Crippen LogP contribution in [0.5, 0.6) is 0 Å². The summed E-state index contributed by atoms with van der Waals surface area (Å²) in [6.07, 6.45) is 2.25. The Labute approximate surface area is 119 Å². The number of nitrogens with one attached hydrogen (secondary N) is 3. The largest absolute Gasteiger partial charge is 0.383 e. The van der Waals surface area contributed by atoms with Crippen molar-refractivity contribution in [1.29, 1.82) is 0 Å². The quantitative estimate of drug-likeness (QED) is 0.606. The summed E-state index contributed by atoms with van der Waals surface area (Å²) >= 11 is 0. The van der Waals surface area contributed by atoms with Gasteiger partial charge >= 0.3 is 0 Å². The van der Waals surface area contributed by atoms with Gasteiger partial charge in [-0.15, -0.1) is 0 Å². The lowest BCUT2D eigenvalue weighted by Gasteiger charge is -2.17. The molecule has 20 heavy (non-hydrogen) atoms. The van der Waals surface area contributed by atoms with Gasteiger partial charge in [-0.1, -0.05) is 6.92 Å². The fourth-order valence-corrected chi connectivity index (χ4v) is 1.79. The molecule has 0 radical (unpaired) electrons. The van der Waals surface area contributed by atoms with Crippen molar-refractivity contribution >= 4 is 17.5 Å². The number of hydrogen-bond donors (Lipinski definition) is 3. The van der Waals surface area contributed by atoms with E-state index in [9.17, 15) is 4.79 Å². The highest BCUT2D eigenvalue weighted by Crippen LogP contribution is 2.20. The zero-order chi connectivity index (χ0) is 15.0. The lowest BCUT2D eigenvalue weighted by molar-refractivity contribution is -0.121. The first-order valence-electron chi connectivity index (χ1n) is 6.68. The van der Waals surface area contributed by atoms with Crippen LogP contribution in [0.4, 0.5) is 11.6 Å². The van der Waals surface area contributed by atoms with Crippen LogP contribution in [-0.4, -0.2) is 49.2 Å². The van der Waals surface area contributed by atoms with Crippen LogP contribution >= 0.6 is 0 Å². The third kappa shape index (κ3) is 4.34. The van der Waals surface area contributed by atoms with E-state index >= 15 is 0 Å². The minimum Gasteiger partial charge on any atom is -0.383 e. The van der Waals surface area contributed by atoms with Gasteiger partial charge in [0.25, 0.3) is 0 Å². The molecule has 3 N–H and O–H groups in total. The molecule has 7 nitrogen and oxygen atoms in total. The number of anilines is 2. The standard InChI is InChI=1S/C13H23N5O2/c1-5-10-11(14-3)16-8-17-12(10)18-9(2)13(19)15-6-7-20-4/h8-9H,5-7H2,1-4H3,(H,15,19)(H2,14,16,17,18). The number of hydrogen-bond acceptors (Lipinski definition) is 6. The molecule has 0 bridgehead atoms. The van der Waals surface area contributed by atoms with Crippen molar-refractivity contribution in [3.05, 3.63) is 11.9 Å². The Balaban J connectivity index is 2.70. The van der Waals surface area contributed by atoms with Gasteiger partial charge in [0.15, 0.2) is 0 Å². The van der Waals surface area contributed by atoms with Crippen LogP contribution in [0.2, 0.25) is 0 Å². The molecular weight excluding hydrogens is 258 g/mol. The van der Waals surface area contributed by atoms with Crippen molar-refractivity contribution in [2.75, 3.05) is 37.9 Å². The predicted octanol–water partition coefficient (Wildman–Crippen LogP) is 0.644. The molecule has 0 aliphatic heterocycles. The smallest absolute Gasteiger partial charge is 0.242 e. The molecule has 0 aromatic carbocycles. The van der Waals surface area contributed by atoms with Gasteiger partial charge in [0, 0.05) is 26.3 Å². The minimum atomic E-state index is -0.378. The highest BCUT2D eigenvalue weighted by Gasteiger charge is 2.16. The van der Waals surface area contributed by atoms with E-state index in [1.165, 1.54) is 6.33 Å². The first kappa shape index (κ1) is 16.2. The average molecular weight is 281 g/mol. The normalized spacial score (nSPS) is 11.8. The third-order valence-corrected chi connectivity index (χ3v) is 2.89. The van der Waals surface area contributed by atoms with E-state index in [0.717, 1.165) is 17.8 Å². The van der Waals surface area contributed by atoms with E-state index in [0.29, 0.717) is 19.0 Å². The van der Waals surface area contributed by atoms with Gasteiger partial charge in [-0.3, -0.25) is 4.79 Å². The van der Waals surface area contributed by atoms with E-state index in [1.807, 2.05) is 14.0 Å². The summed E-state index contributed by atoms with van der Waals surface area (Å²) in [5.41, 5.74) is 0.964. The van der Waals surface area contributed by atoms with E-state index in [-0.39, 0.29) is 11.9 Å². The number of nitrogens with zero attached hydrogens (tertiary/aromatic N) is 2. The molecule has 7 heteroatoms. The molecular formula is C13H23N5O2. The van der Waals surface area contributed by atoms with Crippen LogP contribution in [-0.2, 0) is 16.0 Å². The Bertz CT molecular complexity index is 439. The molecule has 1 atom stereocenters. The summed E-state index contributed by atoms with van der Waals surface area (Å²) in [7, 11) is 3.41. The fourth-order valence-electron chi connectivity index (χ4n) is 1.79. The van der Waals surface area contributed by atoms with Crippen molar-refractivity contribution in [2.24, 2.45) is 0 Å². The van der Waals surface area contributed by atoms with Gasteiger partial charge in [0.05, 0.1) is 6.61 Å². The summed E-state index contributed by atoms with van der Waals surface area (Å²) in [5, 5.41) is 8.93. The number of amides is 1. The van der Waals surface area contributed by atoms with Gasteiger partial charge in [-0.2, -0.15) is 0 Å². The predicted molar refractivity (Wildman–Crippen MR) is 78.9 cm³/mol. The molecule has 112 valence electrons. The van der Waals surface area contributed by atoms with Gasteiger partial charge in [0.1, 0.15) is 24.0 Å². The van der Waals surface area contributed by atoms with Crippen molar-refractivity contribution in [2.45, 2.75) is 26.3 Å². The average Bonchev–Trinajstić information content (AvgIpc) is 2.46. The Morgan fingerprint density at radius 1 is 1.40 bits per heavy atom. The van der Waals surface area contributed by atoms with Crippen molar-refractivity contribution < 1.29 is 9.53 Å². The second kappa shape index (κ2) is 8.31. The summed E-state index contributed by atoms with van der Waals surface area (Å²) in [6, 6.07) is -0.378. The summed E-state index contributed by atoms with van der Waals surface area (Å²) in [6.45, 7) is 4.81. The van der Waals surface area contributed by atoms with E-state index < -0.39 is 0 Å². The summed E-state index contributed by atoms with van der Waals surface area (Å²) in [5.74, 6) is 1.37. The number of carbonyl (C=O) groups is 1. The lowest BCUT2D eigenvalue weighted by atomic mass is 10.2. The van der Waals surface area contributed by atoms with Crippen molar-refractivity contribution in [3.8, 4) is 0 Å². The lowest BCUT2D eigenvalue weighted by Crippen LogP contribution is -2.39. The molecule has 0 aliphatic rings. The maximum absolute atomic E-state index is 11.9. The minimum absolute atomic E-state index is 0.0891. The first-order chi connectivity index (χ1) is 9.63. The highest BCUT2D eigenvalue weighted by molar-refractivity contribution is 5.84. The van der Waals surface area contributed by atoms with Crippen LogP contribution in [0.3, 0.4) is 0 Å². The van der Waals surface area contributed by atoms with Crippen LogP contribution in [0, 0.1) is 0 Å². The molecule has 1 rings (SSSR count). The third-order valence-electron chi connectivity index (χ3n) is 2.89. The zero-order valence-electron chi connectivity index (χ0n) is 12.5. The SMILES string of the molecule is CCc1c(NC)ncnc1NC(C)C(=O)NCCOC. The Hall–Kier alpha value is -1.89. The van der Waals surface area contributed by atoms with E-state index in [4.69, 9.17) is 4.74 Å². The maximum Gasteiger partial charge on any atom is 0.242 e. The molecule has 1 aromatic rings. The monoisotopic (exact) mass is 281 g/mol. The van der Waals surface area contributed by atoms with Crippen LogP contribution < -0.4 is 16.0 Å². The highest BCUT2D eigenvalue weighted by atomic mass is 16.5. The Kier molecular flexibility index (Phi) is 6.72. The number of carbonyl (C=O) groups excluding carboxylic acids is 1. The van der Waals surface area contributed by atoms with Crippen molar-refractivity contribution in [1.82, 2.24) is 15.3 Å². The Morgan fingerprint density at radius 2 is 2.10 bits per heavy atom. The van der Waals surface area contributed by atoms with Crippen molar-refractivity contribution in [3.63, 3.8) is 0 Å². The van der Waals surface area contributed by atoms with Gasteiger partial charge in [-0.05, 0) is 13.3 Å². The molecule has 1 aromatic heterocycles. The number of ether oxygens (including phenoxy) is 1. The molecule has 0 spiro atoms. The van der Waals surface area contributed by atoms with Crippen LogP contribution in [0.15, 0.2) is 6.33 Å². The van der Waals surface area contributed by atoms with Gasteiger partial charge < -0.3 is 20.7 Å². The molecule has 0 fully saturated rings. The second-order valence-corrected chi connectivity index (χ2v) is 4.30. The Morgan fingerprint density at radius 3 is 2.70 bits per heavy atom. The van der Waals surface area contributed by atoms with E-state index in [2.05, 4.69) is 25.9 Å². The maximum atomic E-state index is 11.9. The number of aromatic nitrogens is 2. The van der Waals surface area contributed by atoms with Crippen LogP contribution in [0.1, 0.15) is 19.4 Å². The second-order valence-electron chi connectivity index (χ2n) is 4.30. The van der Waals surface area contributed by atoms with Crippen LogP contribution in [0.25, 0.3) is 0 Å². The summed E-state index contributed by atoms with van der Waals surface area (Å²) < 4.78 is 4.89. The first-order valence-corrected chi connectivity index (χ1v) is 6.68. The number of methoxy groups -OCH3 is 1. The summed E-state index contributed by atoms with van der Waals surface area (Å²) in [4.78, 5) is 20.3. The molecule has 0 saturated carbocycles. The van der Waals surface area contributed by atoms with Gasteiger partial charge in [0.2, 0.25) is 5.91 Å².